The van der Waals surface area contributed by atoms with E-state index in [9.17, 15) is 4.79 Å². The van der Waals surface area contributed by atoms with Crippen LogP contribution in [-0.2, 0) is 4.74 Å². The first-order valence-electron chi connectivity index (χ1n) is 5.92. The molecule has 0 aliphatic carbocycles. The Kier molecular flexibility index (Phi) is 4.32. The monoisotopic (exact) mass is 319 g/mol. The number of methoxy groups -OCH3 is 1. The molecule has 0 fully saturated rings. The van der Waals surface area contributed by atoms with Crippen molar-refractivity contribution in [2.75, 3.05) is 7.11 Å². The van der Waals surface area contributed by atoms with E-state index < -0.39 is 0 Å². The van der Waals surface area contributed by atoms with Gasteiger partial charge in [0.2, 0.25) is 0 Å². The first-order chi connectivity index (χ1) is 9.13. The zero-order chi connectivity index (χ0) is 13.8. The minimum Gasteiger partial charge on any atom is -0.465 e. The van der Waals surface area contributed by atoms with Gasteiger partial charge in [-0.3, -0.25) is 4.98 Å². The third-order valence-corrected chi connectivity index (χ3v) is 3.55. The molecule has 1 aromatic carbocycles. The van der Waals surface area contributed by atoms with Crippen molar-refractivity contribution < 1.29 is 9.53 Å². The van der Waals surface area contributed by atoms with E-state index in [4.69, 9.17) is 4.74 Å². The molecule has 0 bridgehead atoms. The third-order valence-electron chi connectivity index (χ3n) is 3.02. The van der Waals surface area contributed by atoms with Crippen molar-refractivity contribution >= 4 is 21.9 Å². The molecule has 98 valence electrons. The summed E-state index contributed by atoms with van der Waals surface area (Å²) in [4.78, 5) is 16.1. The fourth-order valence-corrected chi connectivity index (χ4v) is 2.22. The van der Waals surface area contributed by atoms with Crippen LogP contribution in [0.25, 0.3) is 0 Å². The van der Waals surface area contributed by atoms with Crippen molar-refractivity contribution in [1.82, 2.24) is 4.98 Å². The second-order valence-corrected chi connectivity index (χ2v) is 5.12. The Hall–Kier alpha value is -1.68. The van der Waals surface area contributed by atoms with Crippen molar-refractivity contribution in [2.24, 2.45) is 0 Å². The van der Waals surface area contributed by atoms with E-state index in [1.54, 1.807) is 18.3 Å². The molecule has 1 unspecified atom stereocenters. The molecular formula is C15H14BrNO2. The summed E-state index contributed by atoms with van der Waals surface area (Å²) in [6, 6.07) is 11.5. The van der Waals surface area contributed by atoms with Crippen LogP contribution in [0.4, 0.5) is 0 Å². The number of ether oxygens (including phenoxy) is 1. The molecule has 0 spiro atoms. The van der Waals surface area contributed by atoms with Crippen LogP contribution in [-0.4, -0.2) is 18.1 Å². The third kappa shape index (κ3) is 3.01. The Morgan fingerprint density at radius 1 is 1.26 bits per heavy atom. The number of pyridine rings is 1. The van der Waals surface area contributed by atoms with Gasteiger partial charge in [0.15, 0.2) is 0 Å². The summed E-state index contributed by atoms with van der Waals surface area (Å²) in [6.07, 6.45) is 1.69. The lowest BCUT2D eigenvalue weighted by Crippen LogP contribution is -2.10. The van der Waals surface area contributed by atoms with Crippen LogP contribution in [0.5, 0.6) is 0 Å². The van der Waals surface area contributed by atoms with Crippen molar-refractivity contribution in [2.45, 2.75) is 12.8 Å². The van der Waals surface area contributed by atoms with E-state index in [1.165, 1.54) is 7.11 Å². The Morgan fingerprint density at radius 3 is 2.58 bits per heavy atom. The van der Waals surface area contributed by atoms with E-state index >= 15 is 0 Å². The molecular weight excluding hydrogens is 306 g/mol. The number of carbonyl (C=O) groups is 1. The maximum Gasteiger partial charge on any atom is 0.339 e. The number of benzene rings is 1. The van der Waals surface area contributed by atoms with Gasteiger partial charge in [-0.25, -0.2) is 4.79 Å². The van der Waals surface area contributed by atoms with Gasteiger partial charge >= 0.3 is 5.97 Å². The number of carbonyl (C=O) groups excluding carboxylic acids is 1. The number of aromatic nitrogens is 1. The van der Waals surface area contributed by atoms with Gasteiger partial charge in [-0.05, 0) is 29.8 Å². The molecule has 0 radical (unpaired) electrons. The summed E-state index contributed by atoms with van der Waals surface area (Å²) < 4.78 is 5.82. The number of halogens is 1. The van der Waals surface area contributed by atoms with E-state index in [-0.39, 0.29) is 11.9 Å². The van der Waals surface area contributed by atoms with Crippen LogP contribution in [0.3, 0.4) is 0 Å². The maximum absolute atomic E-state index is 11.8. The summed E-state index contributed by atoms with van der Waals surface area (Å²) in [5.41, 5.74) is 2.35. The molecule has 19 heavy (non-hydrogen) atoms. The lowest BCUT2D eigenvalue weighted by Gasteiger charge is -2.14. The number of esters is 1. The minimum atomic E-state index is -0.355. The van der Waals surface area contributed by atoms with Gasteiger partial charge in [-0.1, -0.05) is 35.0 Å². The fraction of sp³-hybridized carbons (Fsp3) is 0.200. The number of nitrogens with zero attached hydrogens (tertiary/aromatic N) is 1. The van der Waals surface area contributed by atoms with Crippen LogP contribution in [0, 0.1) is 0 Å². The van der Waals surface area contributed by atoms with E-state index in [0.717, 1.165) is 15.7 Å². The van der Waals surface area contributed by atoms with Crippen LogP contribution in [0.2, 0.25) is 0 Å². The largest absolute Gasteiger partial charge is 0.465 e. The zero-order valence-electron chi connectivity index (χ0n) is 10.8. The Labute approximate surface area is 120 Å². The number of hydrogen-bond acceptors (Lipinski definition) is 3. The number of hydrogen-bond donors (Lipinski definition) is 0. The molecule has 1 aromatic heterocycles. The van der Waals surface area contributed by atoms with Gasteiger partial charge in [0.25, 0.3) is 0 Å². The molecule has 0 aliphatic rings. The van der Waals surface area contributed by atoms with Crippen LogP contribution < -0.4 is 0 Å². The molecule has 0 aliphatic heterocycles. The lowest BCUT2D eigenvalue weighted by atomic mass is 9.94. The Balaban J connectivity index is 2.41. The predicted octanol–water partition coefficient (Wildman–Crippen LogP) is 3.78. The quantitative estimate of drug-likeness (QED) is 0.808. The average Bonchev–Trinajstić information content (AvgIpc) is 2.46. The average molecular weight is 320 g/mol. The predicted molar refractivity (Wildman–Crippen MR) is 77.2 cm³/mol. The fourth-order valence-electron chi connectivity index (χ4n) is 1.95. The first-order valence-corrected chi connectivity index (χ1v) is 6.71. The van der Waals surface area contributed by atoms with Crippen molar-refractivity contribution in [3.8, 4) is 0 Å². The molecule has 0 saturated heterocycles. The molecule has 0 amide bonds. The highest BCUT2D eigenvalue weighted by atomic mass is 79.9. The normalized spacial score (nSPS) is 11.9. The first kappa shape index (κ1) is 13.7. The Bertz CT molecular complexity index is 581. The second-order valence-electron chi connectivity index (χ2n) is 4.20. The van der Waals surface area contributed by atoms with Gasteiger partial charge in [-0.2, -0.15) is 0 Å². The SMILES string of the molecule is COC(=O)c1cccnc1C(C)c1ccc(Br)cc1. The molecule has 1 atom stereocenters. The number of rotatable bonds is 3. The van der Waals surface area contributed by atoms with Gasteiger partial charge in [0.1, 0.15) is 0 Å². The molecule has 2 aromatic rings. The summed E-state index contributed by atoms with van der Waals surface area (Å²) in [5, 5.41) is 0. The Morgan fingerprint density at radius 2 is 1.95 bits per heavy atom. The molecule has 0 N–H and O–H groups in total. The van der Waals surface area contributed by atoms with Crippen molar-refractivity contribution in [1.29, 1.82) is 0 Å². The molecule has 3 nitrogen and oxygen atoms in total. The standard InChI is InChI=1S/C15H14BrNO2/c1-10(11-5-7-12(16)8-6-11)14-13(15(18)19-2)4-3-9-17-14/h3-10H,1-2H3. The summed E-state index contributed by atoms with van der Waals surface area (Å²) >= 11 is 3.41. The smallest absolute Gasteiger partial charge is 0.339 e. The highest BCUT2D eigenvalue weighted by molar-refractivity contribution is 9.10. The highest BCUT2D eigenvalue weighted by Gasteiger charge is 2.18. The van der Waals surface area contributed by atoms with E-state index in [0.29, 0.717) is 5.56 Å². The van der Waals surface area contributed by atoms with E-state index in [2.05, 4.69) is 20.9 Å². The summed E-state index contributed by atoms with van der Waals surface area (Å²) in [5.74, 6) is -0.324. The molecule has 2 rings (SSSR count). The summed E-state index contributed by atoms with van der Waals surface area (Å²) in [6.45, 7) is 2.03. The molecule has 4 heteroatoms. The van der Waals surface area contributed by atoms with E-state index in [1.807, 2.05) is 31.2 Å². The van der Waals surface area contributed by atoms with Crippen molar-refractivity contribution in [3.63, 3.8) is 0 Å². The minimum absolute atomic E-state index is 0.0309. The highest BCUT2D eigenvalue weighted by Crippen LogP contribution is 2.26. The lowest BCUT2D eigenvalue weighted by molar-refractivity contribution is 0.0598. The second kappa shape index (κ2) is 5.97. The molecule has 1 heterocycles. The summed E-state index contributed by atoms with van der Waals surface area (Å²) in [7, 11) is 1.38. The van der Waals surface area contributed by atoms with Gasteiger partial charge < -0.3 is 4.74 Å². The molecule has 0 saturated carbocycles. The van der Waals surface area contributed by atoms with Crippen LogP contribution >= 0.6 is 15.9 Å². The van der Waals surface area contributed by atoms with Gasteiger partial charge in [0, 0.05) is 16.6 Å². The van der Waals surface area contributed by atoms with Crippen LogP contribution in [0.1, 0.15) is 34.5 Å². The van der Waals surface area contributed by atoms with Crippen molar-refractivity contribution in [3.05, 3.63) is 63.9 Å². The topological polar surface area (TPSA) is 39.2 Å². The maximum atomic E-state index is 11.8. The van der Waals surface area contributed by atoms with Gasteiger partial charge in [0.05, 0.1) is 18.4 Å². The zero-order valence-corrected chi connectivity index (χ0v) is 12.3. The van der Waals surface area contributed by atoms with Gasteiger partial charge in [-0.15, -0.1) is 0 Å². The van der Waals surface area contributed by atoms with Crippen LogP contribution in [0.15, 0.2) is 47.1 Å².